The van der Waals surface area contributed by atoms with Gasteiger partial charge in [-0.1, -0.05) is 6.92 Å². The van der Waals surface area contributed by atoms with E-state index in [0.717, 1.165) is 17.0 Å². The molecule has 94 valence electrons. The van der Waals surface area contributed by atoms with Crippen LogP contribution < -0.4 is 26.8 Å². The summed E-state index contributed by atoms with van der Waals surface area (Å²) in [6.07, 6.45) is 3.67. The van der Waals surface area contributed by atoms with Gasteiger partial charge in [-0.2, -0.15) is 11.1 Å². The van der Waals surface area contributed by atoms with Gasteiger partial charge in [0.25, 0.3) is 0 Å². The van der Waals surface area contributed by atoms with Gasteiger partial charge in [0.05, 0.1) is 10.6 Å². The zero-order chi connectivity index (χ0) is 12.3. The first-order valence-corrected chi connectivity index (χ1v) is 6.16. The smallest absolute Gasteiger partial charge is 0.225 e. The minimum absolute atomic E-state index is 0.174. The molecule has 2 rings (SSSR count). The second-order valence-electron chi connectivity index (χ2n) is 4.08. The molecule has 17 heavy (non-hydrogen) atoms. The summed E-state index contributed by atoms with van der Waals surface area (Å²) >= 11 is 3.32. The fourth-order valence-corrected chi connectivity index (χ4v) is 1.87. The topological polar surface area (TPSA) is 77.1 Å². The Labute approximate surface area is 108 Å². The second-order valence-corrected chi connectivity index (χ2v) is 4.99. The Morgan fingerprint density at radius 1 is 1.35 bits per heavy atom. The quantitative estimate of drug-likeness (QED) is 0.611. The molecule has 1 aromatic heterocycles. The van der Waals surface area contributed by atoms with Crippen molar-refractivity contribution in [2.45, 2.75) is 13.1 Å². The van der Waals surface area contributed by atoms with Crippen molar-refractivity contribution in [3.63, 3.8) is 0 Å². The first-order valence-electron chi connectivity index (χ1n) is 5.36. The van der Waals surface area contributed by atoms with Gasteiger partial charge in [-0.15, -0.1) is 0 Å². The molecule has 0 spiro atoms. The van der Waals surface area contributed by atoms with Gasteiger partial charge in [0.15, 0.2) is 0 Å². The van der Waals surface area contributed by atoms with Crippen LogP contribution in [0.3, 0.4) is 0 Å². The molecule has 0 aliphatic carbocycles. The maximum Gasteiger partial charge on any atom is 0.225 e. The summed E-state index contributed by atoms with van der Waals surface area (Å²) in [7, 11) is 1.98. The summed E-state index contributed by atoms with van der Waals surface area (Å²) in [5, 5.41) is 0. The highest BCUT2D eigenvalue weighted by Crippen LogP contribution is 2.12. The summed E-state index contributed by atoms with van der Waals surface area (Å²) in [6.45, 7) is 2.99. The van der Waals surface area contributed by atoms with Crippen molar-refractivity contribution in [1.29, 1.82) is 0 Å². The molecule has 1 aromatic rings. The van der Waals surface area contributed by atoms with Crippen LogP contribution in [-0.4, -0.2) is 29.7 Å². The largest absolute Gasteiger partial charge is 0.344 e. The predicted molar refractivity (Wildman–Crippen MR) is 68.5 cm³/mol. The van der Waals surface area contributed by atoms with Crippen LogP contribution in [0.25, 0.3) is 0 Å². The SMILES string of the molecule is CC(CN(C)c1ncc(Br)cn1)C1NNNN1. The van der Waals surface area contributed by atoms with E-state index in [1.165, 1.54) is 0 Å². The van der Waals surface area contributed by atoms with Crippen LogP contribution in [0, 0.1) is 5.92 Å². The van der Waals surface area contributed by atoms with E-state index in [0.29, 0.717) is 5.92 Å². The van der Waals surface area contributed by atoms with Crippen LogP contribution in [0.2, 0.25) is 0 Å². The van der Waals surface area contributed by atoms with E-state index in [1.807, 2.05) is 11.9 Å². The van der Waals surface area contributed by atoms with Crippen LogP contribution in [0.15, 0.2) is 16.9 Å². The van der Waals surface area contributed by atoms with Gasteiger partial charge < -0.3 is 4.90 Å². The average molecular weight is 302 g/mol. The third-order valence-corrected chi connectivity index (χ3v) is 3.01. The highest BCUT2D eigenvalue weighted by Gasteiger charge is 2.21. The second kappa shape index (κ2) is 5.69. The molecule has 4 N–H and O–H groups in total. The number of nitrogens with one attached hydrogen (secondary N) is 4. The lowest BCUT2D eigenvalue weighted by Crippen LogP contribution is -2.44. The number of hydrogen-bond donors (Lipinski definition) is 4. The molecule has 0 saturated carbocycles. The van der Waals surface area contributed by atoms with Crippen LogP contribution in [0.4, 0.5) is 5.95 Å². The standard InChI is InChI=1S/C9H16BrN7/c1-6(8-13-15-16-14-8)5-17(2)9-11-3-7(10)4-12-9/h3-4,6,8,13-16H,5H2,1-2H3. The van der Waals surface area contributed by atoms with Gasteiger partial charge in [0.2, 0.25) is 5.95 Å². The van der Waals surface area contributed by atoms with Crippen molar-refractivity contribution in [2.75, 3.05) is 18.5 Å². The minimum Gasteiger partial charge on any atom is -0.344 e. The molecule has 1 aliphatic heterocycles. The van der Waals surface area contributed by atoms with Gasteiger partial charge in [-0.05, 0) is 15.9 Å². The van der Waals surface area contributed by atoms with Gasteiger partial charge in [-0.25, -0.2) is 20.8 Å². The van der Waals surface area contributed by atoms with Crippen LogP contribution in [-0.2, 0) is 0 Å². The third kappa shape index (κ3) is 3.33. The maximum atomic E-state index is 4.25. The molecule has 0 amide bonds. The average Bonchev–Trinajstić information content (AvgIpc) is 2.83. The lowest BCUT2D eigenvalue weighted by atomic mass is 10.1. The summed E-state index contributed by atoms with van der Waals surface area (Å²) in [6, 6.07) is 0. The Bertz CT molecular complexity index is 351. The van der Waals surface area contributed by atoms with Gasteiger partial charge in [-0.3, -0.25) is 0 Å². The van der Waals surface area contributed by atoms with Crippen LogP contribution in [0.5, 0.6) is 0 Å². The molecule has 1 fully saturated rings. The van der Waals surface area contributed by atoms with Crippen molar-refractivity contribution >= 4 is 21.9 Å². The normalized spacial score (nSPS) is 18.3. The molecular weight excluding hydrogens is 286 g/mol. The van der Waals surface area contributed by atoms with Crippen molar-refractivity contribution in [3.8, 4) is 0 Å². The molecule has 1 saturated heterocycles. The molecule has 0 radical (unpaired) electrons. The zero-order valence-electron chi connectivity index (χ0n) is 9.74. The monoisotopic (exact) mass is 301 g/mol. The Morgan fingerprint density at radius 2 is 1.94 bits per heavy atom. The Hall–Kier alpha value is -0.800. The summed E-state index contributed by atoms with van der Waals surface area (Å²) in [5.74, 6) is 1.11. The number of nitrogens with zero attached hydrogens (tertiary/aromatic N) is 3. The number of hydrogen-bond acceptors (Lipinski definition) is 7. The molecule has 2 heterocycles. The van der Waals surface area contributed by atoms with E-state index >= 15 is 0 Å². The molecule has 1 unspecified atom stereocenters. The molecule has 0 aromatic carbocycles. The van der Waals surface area contributed by atoms with Crippen LogP contribution >= 0.6 is 15.9 Å². The molecule has 1 aliphatic rings. The van der Waals surface area contributed by atoms with E-state index in [2.05, 4.69) is 54.7 Å². The van der Waals surface area contributed by atoms with E-state index in [9.17, 15) is 0 Å². The Kier molecular flexibility index (Phi) is 4.24. The van der Waals surface area contributed by atoms with E-state index in [1.54, 1.807) is 12.4 Å². The summed E-state index contributed by atoms with van der Waals surface area (Å²) < 4.78 is 0.884. The molecule has 7 nitrogen and oxygen atoms in total. The number of halogens is 1. The molecular formula is C9H16BrN7. The highest BCUT2D eigenvalue weighted by molar-refractivity contribution is 9.10. The van der Waals surface area contributed by atoms with Gasteiger partial charge in [0, 0.05) is 31.9 Å². The van der Waals surface area contributed by atoms with E-state index in [-0.39, 0.29) is 6.17 Å². The first kappa shape index (κ1) is 12.7. The zero-order valence-corrected chi connectivity index (χ0v) is 11.3. The molecule has 0 bridgehead atoms. The fourth-order valence-electron chi connectivity index (χ4n) is 1.67. The Morgan fingerprint density at radius 3 is 2.53 bits per heavy atom. The third-order valence-electron chi connectivity index (χ3n) is 2.60. The Balaban J connectivity index is 1.91. The highest BCUT2D eigenvalue weighted by atomic mass is 79.9. The number of rotatable bonds is 4. The summed E-state index contributed by atoms with van der Waals surface area (Å²) in [5.41, 5.74) is 11.8. The lowest BCUT2D eigenvalue weighted by Gasteiger charge is -2.24. The van der Waals surface area contributed by atoms with Crippen molar-refractivity contribution in [1.82, 2.24) is 31.9 Å². The van der Waals surface area contributed by atoms with Crippen LogP contribution in [0.1, 0.15) is 6.92 Å². The van der Waals surface area contributed by atoms with Crippen molar-refractivity contribution < 1.29 is 0 Å². The lowest BCUT2D eigenvalue weighted by molar-refractivity contribution is 0.374. The predicted octanol–water partition coefficient (Wildman–Crippen LogP) is -0.245. The van der Waals surface area contributed by atoms with E-state index in [4.69, 9.17) is 0 Å². The first-order chi connectivity index (χ1) is 8.16. The maximum absolute atomic E-state index is 4.25. The minimum atomic E-state index is 0.174. The number of aromatic nitrogens is 2. The van der Waals surface area contributed by atoms with Crippen molar-refractivity contribution in [3.05, 3.63) is 16.9 Å². The van der Waals surface area contributed by atoms with Gasteiger partial charge >= 0.3 is 0 Å². The fraction of sp³-hybridized carbons (Fsp3) is 0.556. The molecule has 1 atom stereocenters. The number of anilines is 1. The van der Waals surface area contributed by atoms with E-state index < -0.39 is 0 Å². The van der Waals surface area contributed by atoms with Gasteiger partial charge in [0.1, 0.15) is 0 Å². The number of hydrazine groups is 3. The molecule has 8 heteroatoms. The summed E-state index contributed by atoms with van der Waals surface area (Å²) in [4.78, 5) is 10.5. The van der Waals surface area contributed by atoms with Crippen molar-refractivity contribution in [2.24, 2.45) is 5.92 Å².